The number of halogens is 2. The van der Waals surface area contributed by atoms with E-state index in [-0.39, 0.29) is 16.9 Å². The van der Waals surface area contributed by atoms with Gasteiger partial charge in [0.15, 0.2) is 0 Å². The van der Waals surface area contributed by atoms with Crippen LogP contribution in [0.2, 0.25) is 0 Å². The van der Waals surface area contributed by atoms with Crippen molar-refractivity contribution in [1.29, 1.82) is 0 Å². The van der Waals surface area contributed by atoms with Crippen molar-refractivity contribution in [2.75, 3.05) is 18.5 Å². The predicted molar refractivity (Wildman–Crippen MR) is 78.2 cm³/mol. The van der Waals surface area contributed by atoms with E-state index in [2.05, 4.69) is 5.32 Å². The summed E-state index contributed by atoms with van der Waals surface area (Å²) in [5, 5.41) is 12.0. The monoisotopic (exact) mass is 321 g/mol. The Hall–Kier alpha value is -1.21. The van der Waals surface area contributed by atoms with Gasteiger partial charge < -0.3 is 10.4 Å². The zero-order valence-electron chi connectivity index (χ0n) is 12.1. The van der Waals surface area contributed by atoms with Crippen LogP contribution in [0.4, 0.5) is 14.5 Å². The maximum Gasteiger partial charge on any atom is 0.341 e. The smallest absolute Gasteiger partial charge is 0.341 e. The van der Waals surface area contributed by atoms with Gasteiger partial charge in [-0.15, -0.1) is 0 Å². The fourth-order valence-electron chi connectivity index (χ4n) is 1.85. The zero-order chi connectivity index (χ0) is 16.1. The first-order valence-corrected chi connectivity index (χ1v) is 8.20. The molecule has 0 atom stereocenters. The molecule has 0 aliphatic carbocycles. The lowest BCUT2D eigenvalue weighted by Gasteiger charge is -2.25. The van der Waals surface area contributed by atoms with Crippen LogP contribution in [-0.4, -0.2) is 32.4 Å². The molecule has 7 heteroatoms. The highest BCUT2D eigenvalue weighted by Crippen LogP contribution is 2.24. The number of hydrogen-bond donors (Lipinski definition) is 2. The van der Waals surface area contributed by atoms with E-state index in [1.807, 2.05) is 13.8 Å². The van der Waals surface area contributed by atoms with Gasteiger partial charge in [0.1, 0.15) is 0 Å². The molecule has 21 heavy (non-hydrogen) atoms. The highest BCUT2D eigenvalue weighted by atomic mass is 32.2. The maximum atomic E-state index is 12.4. The van der Waals surface area contributed by atoms with Gasteiger partial charge in [0.05, 0.1) is 4.90 Å². The SMILES string of the molecule is CC(C)(CCCO)CNc1ccc(S(=O)(=O)C(F)F)cc1. The van der Waals surface area contributed by atoms with Crippen molar-refractivity contribution in [2.45, 2.75) is 37.3 Å². The van der Waals surface area contributed by atoms with Crippen molar-refractivity contribution in [1.82, 2.24) is 0 Å². The molecular formula is C14H21F2NO3S. The minimum absolute atomic E-state index is 0.0313. The van der Waals surface area contributed by atoms with E-state index in [0.717, 1.165) is 6.42 Å². The van der Waals surface area contributed by atoms with Crippen LogP contribution in [0.5, 0.6) is 0 Å². The molecule has 1 aromatic rings. The number of sulfone groups is 1. The molecule has 0 saturated heterocycles. The van der Waals surface area contributed by atoms with Crippen LogP contribution < -0.4 is 5.32 Å². The highest BCUT2D eigenvalue weighted by molar-refractivity contribution is 7.91. The third-order valence-corrected chi connectivity index (χ3v) is 4.60. The van der Waals surface area contributed by atoms with E-state index in [0.29, 0.717) is 18.7 Å². The topological polar surface area (TPSA) is 66.4 Å². The Labute approximate surface area is 124 Å². The third kappa shape index (κ3) is 5.24. The Morgan fingerprint density at radius 3 is 2.29 bits per heavy atom. The third-order valence-electron chi connectivity index (χ3n) is 3.20. The number of aliphatic hydroxyl groups is 1. The largest absolute Gasteiger partial charge is 0.396 e. The summed E-state index contributed by atoms with van der Waals surface area (Å²) in [5.41, 5.74) is 0.636. The molecule has 1 rings (SSSR count). The van der Waals surface area contributed by atoms with Crippen LogP contribution in [0, 0.1) is 5.41 Å². The number of benzene rings is 1. The Kier molecular flexibility index (Phi) is 6.10. The van der Waals surface area contributed by atoms with Crippen LogP contribution >= 0.6 is 0 Å². The molecule has 120 valence electrons. The second-order valence-corrected chi connectivity index (χ2v) is 7.59. The molecule has 0 amide bonds. The van der Waals surface area contributed by atoms with Crippen LogP contribution in [0.3, 0.4) is 0 Å². The first-order valence-electron chi connectivity index (χ1n) is 6.66. The van der Waals surface area contributed by atoms with Crippen LogP contribution in [0.15, 0.2) is 29.2 Å². The van der Waals surface area contributed by atoms with Crippen molar-refractivity contribution in [2.24, 2.45) is 5.41 Å². The van der Waals surface area contributed by atoms with Gasteiger partial charge in [-0.2, -0.15) is 8.78 Å². The summed E-state index contributed by atoms with van der Waals surface area (Å²) in [6, 6.07) is 5.28. The molecular weight excluding hydrogens is 300 g/mol. The van der Waals surface area contributed by atoms with Gasteiger partial charge in [-0.05, 0) is 42.5 Å². The van der Waals surface area contributed by atoms with Crippen LogP contribution in [0.1, 0.15) is 26.7 Å². The average Bonchev–Trinajstić information content (AvgIpc) is 2.43. The van der Waals surface area contributed by atoms with Crippen molar-refractivity contribution in [3.8, 4) is 0 Å². The quantitative estimate of drug-likeness (QED) is 0.772. The first-order chi connectivity index (χ1) is 9.69. The minimum atomic E-state index is -4.54. The number of aliphatic hydroxyl groups excluding tert-OH is 1. The van der Waals surface area contributed by atoms with Gasteiger partial charge in [0.2, 0.25) is 9.84 Å². The molecule has 0 aromatic heterocycles. The standard InChI is InChI=1S/C14H21F2NO3S/c1-14(2,8-3-9-18)10-17-11-4-6-12(7-5-11)21(19,20)13(15)16/h4-7,13,17-18H,3,8-10H2,1-2H3. The molecule has 0 aliphatic heterocycles. The first kappa shape index (κ1) is 17.8. The van der Waals surface area contributed by atoms with Crippen molar-refractivity contribution in [3.05, 3.63) is 24.3 Å². The Morgan fingerprint density at radius 2 is 1.81 bits per heavy atom. The lowest BCUT2D eigenvalue weighted by molar-refractivity contribution is 0.234. The van der Waals surface area contributed by atoms with E-state index < -0.39 is 15.6 Å². The molecule has 0 unspecified atom stereocenters. The summed E-state index contributed by atoms with van der Waals surface area (Å²) >= 11 is 0. The van der Waals surface area contributed by atoms with Crippen molar-refractivity contribution < 1.29 is 22.3 Å². The van der Waals surface area contributed by atoms with Gasteiger partial charge in [0.25, 0.3) is 0 Å². The second-order valence-electron chi connectivity index (χ2n) is 5.67. The molecule has 0 bridgehead atoms. The highest BCUT2D eigenvalue weighted by Gasteiger charge is 2.26. The molecule has 0 fully saturated rings. The molecule has 0 spiro atoms. The molecule has 0 heterocycles. The summed E-state index contributed by atoms with van der Waals surface area (Å²) < 4.78 is 47.4. The van der Waals surface area contributed by atoms with Crippen molar-refractivity contribution >= 4 is 15.5 Å². The molecule has 4 nitrogen and oxygen atoms in total. The summed E-state index contributed by atoms with van der Waals surface area (Å²) in [4.78, 5) is -0.386. The molecule has 1 aromatic carbocycles. The lowest BCUT2D eigenvalue weighted by atomic mass is 9.88. The van der Waals surface area contributed by atoms with Gasteiger partial charge in [-0.3, -0.25) is 0 Å². The van der Waals surface area contributed by atoms with Gasteiger partial charge in [-0.25, -0.2) is 8.42 Å². The fourth-order valence-corrected chi connectivity index (χ4v) is 2.57. The van der Waals surface area contributed by atoms with Crippen LogP contribution in [-0.2, 0) is 9.84 Å². The Morgan fingerprint density at radius 1 is 1.24 bits per heavy atom. The second kappa shape index (κ2) is 7.17. The predicted octanol–water partition coefficient (Wildman–Crippen LogP) is 2.89. The average molecular weight is 321 g/mol. The van der Waals surface area contributed by atoms with Gasteiger partial charge >= 0.3 is 5.76 Å². The lowest BCUT2D eigenvalue weighted by Crippen LogP contribution is -2.23. The number of rotatable bonds is 8. The van der Waals surface area contributed by atoms with Crippen LogP contribution in [0.25, 0.3) is 0 Å². The molecule has 0 aliphatic rings. The molecule has 0 saturated carbocycles. The van der Waals surface area contributed by atoms with Crippen molar-refractivity contribution in [3.63, 3.8) is 0 Å². The van der Waals surface area contributed by atoms with E-state index in [9.17, 15) is 17.2 Å². The number of hydrogen-bond acceptors (Lipinski definition) is 4. The van der Waals surface area contributed by atoms with E-state index in [1.165, 1.54) is 24.3 Å². The summed E-state index contributed by atoms with van der Waals surface area (Å²) in [7, 11) is -4.54. The minimum Gasteiger partial charge on any atom is -0.396 e. The van der Waals surface area contributed by atoms with Gasteiger partial charge in [0, 0.05) is 18.8 Å². The summed E-state index contributed by atoms with van der Waals surface area (Å²) in [6.07, 6.45) is 1.55. The van der Waals surface area contributed by atoms with E-state index in [4.69, 9.17) is 5.11 Å². The molecule has 2 N–H and O–H groups in total. The maximum absolute atomic E-state index is 12.4. The normalized spacial score (nSPS) is 12.7. The zero-order valence-corrected chi connectivity index (χ0v) is 13.0. The Balaban J connectivity index is 2.68. The summed E-state index contributed by atoms with van der Waals surface area (Å²) in [5.74, 6) is -3.41. The van der Waals surface area contributed by atoms with E-state index >= 15 is 0 Å². The Bertz CT molecular complexity index is 542. The van der Waals surface area contributed by atoms with E-state index in [1.54, 1.807) is 0 Å². The molecule has 0 radical (unpaired) electrons. The summed E-state index contributed by atoms with van der Waals surface area (Å²) in [6.45, 7) is 4.87. The van der Waals surface area contributed by atoms with Gasteiger partial charge in [-0.1, -0.05) is 13.8 Å². The fraction of sp³-hybridized carbons (Fsp3) is 0.571. The number of anilines is 1. The number of alkyl halides is 2. The number of nitrogens with one attached hydrogen (secondary N) is 1.